The Morgan fingerprint density at radius 2 is 1.76 bits per heavy atom. The molecule has 4 aromatic rings. The molecule has 1 atom stereocenters. The van der Waals surface area contributed by atoms with Crippen LogP contribution in [-0.2, 0) is 4.79 Å². The summed E-state index contributed by atoms with van der Waals surface area (Å²) in [5, 5.41) is 12.1. The number of piperidine rings is 1. The maximum atomic E-state index is 13.0. The van der Waals surface area contributed by atoms with Crippen LogP contribution in [0.25, 0.3) is 17.2 Å². The van der Waals surface area contributed by atoms with Crippen molar-refractivity contribution in [2.75, 3.05) is 29.6 Å². The number of carbonyl (C=O) groups excluding carboxylic acids is 1. The first-order valence-corrected chi connectivity index (χ1v) is 12.6. The molecule has 1 aliphatic heterocycles. The van der Waals surface area contributed by atoms with E-state index in [-0.39, 0.29) is 11.8 Å². The van der Waals surface area contributed by atoms with Gasteiger partial charge in [-0.15, -0.1) is 22.0 Å². The molecule has 8 heteroatoms. The van der Waals surface area contributed by atoms with Gasteiger partial charge in [0.2, 0.25) is 5.91 Å². The van der Waals surface area contributed by atoms with Crippen molar-refractivity contribution in [3.05, 3.63) is 79.1 Å². The number of anilines is 2. The lowest BCUT2D eigenvalue weighted by atomic mass is 9.97. The zero-order valence-electron chi connectivity index (χ0n) is 19.0. The average Bonchev–Trinajstić information content (AvgIpc) is 3.40. The summed E-state index contributed by atoms with van der Waals surface area (Å²) in [7, 11) is 0. The smallest absolute Gasteiger partial charge is 0.229 e. The highest BCUT2D eigenvalue weighted by Gasteiger charge is 2.27. The van der Waals surface area contributed by atoms with Gasteiger partial charge in [0.05, 0.1) is 11.6 Å². The largest absolute Gasteiger partial charge is 0.354 e. The maximum absolute atomic E-state index is 13.0. The van der Waals surface area contributed by atoms with Crippen molar-refractivity contribution in [2.45, 2.75) is 17.7 Å². The van der Waals surface area contributed by atoms with Crippen molar-refractivity contribution in [1.29, 1.82) is 0 Å². The SMILES string of the molecule is CSc1ccccc1NC(=O)C1CCCN(c2ccc(-n3ccnc3-c3ccccc3)nn2)C1. The van der Waals surface area contributed by atoms with Crippen LogP contribution in [-0.4, -0.2) is 45.0 Å². The van der Waals surface area contributed by atoms with Gasteiger partial charge in [0.1, 0.15) is 5.82 Å². The normalized spacial score (nSPS) is 15.8. The average molecular weight is 471 g/mol. The van der Waals surface area contributed by atoms with E-state index in [1.165, 1.54) is 0 Å². The Morgan fingerprint density at radius 3 is 2.56 bits per heavy atom. The van der Waals surface area contributed by atoms with Crippen molar-refractivity contribution in [1.82, 2.24) is 19.7 Å². The number of para-hydroxylation sites is 1. The Hall–Kier alpha value is -3.65. The van der Waals surface area contributed by atoms with E-state index >= 15 is 0 Å². The molecule has 2 aromatic heterocycles. The molecule has 172 valence electrons. The number of benzene rings is 2. The number of hydrogen-bond donors (Lipinski definition) is 1. The molecule has 3 heterocycles. The van der Waals surface area contributed by atoms with Crippen LogP contribution in [0.1, 0.15) is 12.8 Å². The van der Waals surface area contributed by atoms with Gasteiger partial charge in [0.25, 0.3) is 0 Å². The summed E-state index contributed by atoms with van der Waals surface area (Å²) < 4.78 is 1.93. The molecule has 1 unspecified atom stereocenters. The summed E-state index contributed by atoms with van der Waals surface area (Å²) in [6.45, 7) is 1.49. The fraction of sp³-hybridized carbons (Fsp3) is 0.231. The fourth-order valence-electron chi connectivity index (χ4n) is 4.29. The predicted octanol–water partition coefficient (Wildman–Crippen LogP) is 4.91. The lowest BCUT2D eigenvalue weighted by molar-refractivity contribution is -0.120. The topological polar surface area (TPSA) is 75.9 Å². The molecule has 34 heavy (non-hydrogen) atoms. The molecule has 7 nitrogen and oxygen atoms in total. The zero-order chi connectivity index (χ0) is 23.3. The second-order valence-corrected chi connectivity index (χ2v) is 9.06. The van der Waals surface area contributed by atoms with Gasteiger partial charge in [-0.05, 0) is 43.4 Å². The van der Waals surface area contributed by atoms with Crippen molar-refractivity contribution >= 4 is 29.2 Å². The first kappa shape index (κ1) is 22.2. The summed E-state index contributed by atoms with van der Waals surface area (Å²) in [6, 6.07) is 21.9. The van der Waals surface area contributed by atoms with E-state index < -0.39 is 0 Å². The molecule has 2 aromatic carbocycles. The summed E-state index contributed by atoms with van der Waals surface area (Å²) in [5.41, 5.74) is 1.89. The molecule has 0 aliphatic carbocycles. The molecular weight excluding hydrogens is 444 g/mol. The molecule has 1 aliphatic rings. The lowest BCUT2D eigenvalue weighted by Gasteiger charge is -2.32. The second-order valence-electron chi connectivity index (χ2n) is 8.21. The van der Waals surface area contributed by atoms with Gasteiger partial charge in [0.15, 0.2) is 11.6 Å². The summed E-state index contributed by atoms with van der Waals surface area (Å²) >= 11 is 1.63. The number of imidazole rings is 1. The third-order valence-corrected chi connectivity index (χ3v) is 6.83. The van der Waals surface area contributed by atoms with Crippen LogP contribution < -0.4 is 10.2 Å². The van der Waals surface area contributed by atoms with E-state index in [0.717, 1.165) is 47.2 Å². The van der Waals surface area contributed by atoms with Crippen LogP contribution >= 0.6 is 11.8 Å². The van der Waals surface area contributed by atoms with Crippen molar-refractivity contribution in [3.63, 3.8) is 0 Å². The number of carbonyl (C=O) groups is 1. The minimum atomic E-state index is -0.0940. The summed E-state index contributed by atoms with van der Waals surface area (Å²) in [6.07, 6.45) is 7.47. The Labute approximate surface area is 203 Å². The summed E-state index contributed by atoms with van der Waals surface area (Å²) in [4.78, 5) is 20.7. The van der Waals surface area contributed by atoms with Gasteiger partial charge >= 0.3 is 0 Å². The molecule has 1 fully saturated rings. The van der Waals surface area contributed by atoms with Crippen LogP contribution in [0, 0.1) is 5.92 Å². The van der Waals surface area contributed by atoms with Crippen molar-refractivity contribution in [2.24, 2.45) is 5.92 Å². The third kappa shape index (κ3) is 4.68. The first-order chi connectivity index (χ1) is 16.7. The molecule has 0 bridgehead atoms. The highest BCUT2D eigenvalue weighted by molar-refractivity contribution is 7.98. The maximum Gasteiger partial charge on any atom is 0.229 e. The molecule has 0 saturated carbocycles. The summed E-state index contributed by atoms with van der Waals surface area (Å²) in [5.74, 6) is 2.28. The molecule has 1 amide bonds. The third-order valence-electron chi connectivity index (χ3n) is 6.04. The van der Waals surface area contributed by atoms with Gasteiger partial charge in [-0.25, -0.2) is 4.98 Å². The van der Waals surface area contributed by atoms with Gasteiger partial charge in [0, 0.05) is 35.9 Å². The number of aromatic nitrogens is 4. The molecule has 1 N–H and O–H groups in total. The number of nitrogens with zero attached hydrogens (tertiary/aromatic N) is 5. The first-order valence-electron chi connectivity index (χ1n) is 11.3. The minimum absolute atomic E-state index is 0.0571. The van der Waals surface area contributed by atoms with E-state index in [1.807, 2.05) is 83.7 Å². The van der Waals surface area contributed by atoms with E-state index in [4.69, 9.17) is 0 Å². The number of rotatable bonds is 6. The molecular formula is C26H26N6OS. The van der Waals surface area contributed by atoms with E-state index in [2.05, 4.69) is 25.4 Å². The number of hydrogen-bond acceptors (Lipinski definition) is 6. The monoisotopic (exact) mass is 470 g/mol. The molecule has 0 radical (unpaired) electrons. The lowest BCUT2D eigenvalue weighted by Crippen LogP contribution is -2.41. The van der Waals surface area contributed by atoms with E-state index in [9.17, 15) is 4.79 Å². The van der Waals surface area contributed by atoms with Crippen LogP contribution in [0.5, 0.6) is 0 Å². The van der Waals surface area contributed by atoms with Gasteiger partial charge < -0.3 is 10.2 Å². The predicted molar refractivity (Wildman–Crippen MR) is 136 cm³/mol. The highest BCUT2D eigenvalue weighted by atomic mass is 32.2. The van der Waals surface area contributed by atoms with Gasteiger partial charge in [-0.1, -0.05) is 42.5 Å². The minimum Gasteiger partial charge on any atom is -0.354 e. The van der Waals surface area contributed by atoms with Crippen molar-refractivity contribution < 1.29 is 4.79 Å². The Bertz CT molecular complexity index is 1260. The van der Waals surface area contributed by atoms with Crippen LogP contribution in [0.15, 0.2) is 84.0 Å². The quantitative estimate of drug-likeness (QED) is 0.404. The molecule has 5 rings (SSSR count). The molecule has 0 spiro atoms. The number of nitrogens with one attached hydrogen (secondary N) is 1. The van der Waals surface area contributed by atoms with E-state index in [1.54, 1.807) is 18.0 Å². The van der Waals surface area contributed by atoms with Crippen LogP contribution in [0.3, 0.4) is 0 Å². The molecule has 1 saturated heterocycles. The van der Waals surface area contributed by atoms with E-state index in [0.29, 0.717) is 12.4 Å². The van der Waals surface area contributed by atoms with Gasteiger partial charge in [-0.2, -0.15) is 0 Å². The Morgan fingerprint density at radius 1 is 1.00 bits per heavy atom. The second kappa shape index (κ2) is 10.1. The number of amides is 1. The van der Waals surface area contributed by atoms with Crippen molar-refractivity contribution in [3.8, 4) is 17.2 Å². The Kier molecular flexibility index (Phi) is 6.58. The fourth-order valence-corrected chi connectivity index (χ4v) is 4.84. The Balaban J connectivity index is 1.29. The zero-order valence-corrected chi connectivity index (χ0v) is 19.8. The number of thioether (sulfide) groups is 1. The van der Waals surface area contributed by atoms with Crippen LogP contribution in [0.4, 0.5) is 11.5 Å². The van der Waals surface area contributed by atoms with Gasteiger partial charge in [-0.3, -0.25) is 9.36 Å². The van der Waals surface area contributed by atoms with Crippen LogP contribution in [0.2, 0.25) is 0 Å². The highest BCUT2D eigenvalue weighted by Crippen LogP contribution is 2.28. The standard InChI is InChI=1S/C26H26N6OS/c1-34-22-12-6-5-11-21(22)28-26(33)20-10-7-16-31(18-20)23-13-14-24(30-29-23)32-17-15-27-25(32)19-8-3-2-4-9-19/h2-6,8-9,11-15,17,20H,7,10,16,18H2,1H3,(H,28,33).